The average molecular weight is 283 g/mol. The third-order valence-corrected chi connectivity index (χ3v) is 3.60. The Morgan fingerprint density at radius 3 is 2.74 bits per heavy atom. The van der Waals surface area contributed by atoms with E-state index in [0.717, 1.165) is 13.0 Å². The number of benzene rings is 1. The first-order valence-corrected chi connectivity index (χ1v) is 6.44. The first-order chi connectivity index (χ1) is 8.99. The van der Waals surface area contributed by atoms with Crippen molar-refractivity contribution in [2.45, 2.75) is 19.4 Å². The Balaban J connectivity index is 2.11. The number of carboxylic acids is 1. The summed E-state index contributed by atoms with van der Waals surface area (Å²) in [5, 5.41) is 14.9. The lowest BCUT2D eigenvalue weighted by Crippen LogP contribution is -2.39. The Bertz CT molecular complexity index is 519. The fourth-order valence-corrected chi connectivity index (χ4v) is 2.37. The standard InChI is InChI=1S/C13H15ClN2O3/c1-7-4-5-15-11(7)12(17)16-10-3-2-8(13(18)19)6-9(10)14/h2-3,6-7,11,15H,4-5H2,1H3,(H,16,17)(H,18,19). The summed E-state index contributed by atoms with van der Waals surface area (Å²) < 4.78 is 0. The third kappa shape index (κ3) is 3.05. The maximum Gasteiger partial charge on any atom is 0.335 e. The van der Waals surface area contributed by atoms with Crippen LogP contribution in [0.4, 0.5) is 5.69 Å². The summed E-state index contributed by atoms with van der Waals surface area (Å²) in [6.45, 7) is 2.84. The van der Waals surface area contributed by atoms with E-state index in [4.69, 9.17) is 16.7 Å². The van der Waals surface area contributed by atoms with E-state index in [1.54, 1.807) is 0 Å². The number of nitrogens with one attached hydrogen (secondary N) is 2. The number of rotatable bonds is 3. The lowest BCUT2D eigenvalue weighted by Gasteiger charge is -2.16. The van der Waals surface area contributed by atoms with Crippen LogP contribution < -0.4 is 10.6 Å². The largest absolute Gasteiger partial charge is 0.478 e. The van der Waals surface area contributed by atoms with Gasteiger partial charge in [-0.25, -0.2) is 4.79 Å². The van der Waals surface area contributed by atoms with E-state index in [1.165, 1.54) is 18.2 Å². The van der Waals surface area contributed by atoms with E-state index >= 15 is 0 Å². The smallest absolute Gasteiger partial charge is 0.335 e. The number of carboxylic acid groups (broad SMARTS) is 1. The molecule has 1 aromatic rings. The van der Waals surface area contributed by atoms with Gasteiger partial charge in [0.25, 0.3) is 0 Å². The molecule has 0 radical (unpaired) electrons. The number of aromatic carboxylic acids is 1. The summed E-state index contributed by atoms with van der Waals surface area (Å²) in [5.41, 5.74) is 0.521. The minimum Gasteiger partial charge on any atom is -0.478 e. The molecule has 2 rings (SSSR count). The summed E-state index contributed by atoms with van der Waals surface area (Å²) in [5.74, 6) is -0.919. The normalized spacial score (nSPS) is 22.2. The first kappa shape index (κ1) is 13.8. The van der Waals surface area contributed by atoms with E-state index in [9.17, 15) is 9.59 Å². The number of anilines is 1. The summed E-state index contributed by atoms with van der Waals surface area (Å²) in [6, 6.07) is 4.01. The maximum absolute atomic E-state index is 12.0. The van der Waals surface area contributed by atoms with Crippen molar-refractivity contribution in [3.63, 3.8) is 0 Å². The van der Waals surface area contributed by atoms with Crippen molar-refractivity contribution in [1.82, 2.24) is 5.32 Å². The van der Waals surface area contributed by atoms with Crippen LogP contribution in [0.15, 0.2) is 18.2 Å². The van der Waals surface area contributed by atoms with Gasteiger partial charge in [0.1, 0.15) is 0 Å². The molecule has 0 aliphatic carbocycles. The van der Waals surface area contributed by atoms with Crippen LogP contribution in [-0.2, 0) is 4.79 Å². The lowest BCUT2D eigenvalue weighted by molar-refractivity contribution is -0.118. The molecule has 1 fully saturated rings. The molecule has 1 saturated heterocycles. The zero-order chi connectivity index (χ0) is 14.0. The molecule has 1 aliphatic heterocycles. The zero-order valence-electron chi connectivity index (χ0n) is 10.4. The number of hydrogen-bond acceptors (Lipinski definition) is 3. The summed E-state index contributed by atoms with van der Waals surface area (Å²) in [7, 11) is 0. The quantitative estimate of drug-likeness (QED) is 0.792. The van der Waals surface area contributed by atoms with Gasteiger partial charge in [-0.2, -0.15) is 0 Å². The van der Waals surface area contributed by atoms with Crippen LogP contribution in [-0.4, -0.2) is 29.6 Å². The summed E-state index contributed by atoms with van der Waals surface area (Å²) in [4.78, 5) is 22.8. The fraction of sp³-hybridized carbons (Fsp3) is 0.385. The lowest BCUT2D eigenvalue weighted by atomic mass is 10.0. The van der Waals surface area contributed by atoms with E-state index in [1.807, 2.05) is 6.92 Å². The highest BCUT2D eigenvalue weighted by Crippen LogP contribution is 2.24. The molecule has 19 heavy (non-hydrogen) atoms. The number of halogens is 1. The van der Waals surface area contributed by atoms with Gasteiger partial charge in [0.15, 0.2) is 0 Å². The van der Waals surface area contributed by atoms with Crippen LogP contribution >= 0.6 is 11.6 Å². The number of carbonyl (C=O) groups is 2. The second kappa shape index (κ2) is 5.59. The Morgan fingerprint density at radius 1 is 1.47 bits per heavy atom. The molecule has 0 aromatic heterocycles. The molecule has 0 spiro atoms. The molecule has 1 aliphatic rings. The van der Waals surface area contributed by atoms with Crippen LogP contribution in [0.25, 0.3) is 0 Å². The highest BCUT2D eigenvalue weighted by molar-refractivity contribution is 6.34. The molecule has 5 nitrogen and oxygen atoms in total. The third-order valence-electron chi connectivity index (χ3n) is 3.29. The highest BCUT2D eigenvalue weighted by atomic mass is 35.5. The van der Waals surface area contributed by atoms with Crippen molar-refractivity contribution in [1.29, 1.82) is 0 Å². The van der Waals surface area contributed by atoms with Gasteiger partial charge in [-0.3, -0.25) is 4.79 Å². The van der Waals surface area contributed by atoms with E-state index in [-0.39, 0.29) is 28.5 Å². The number of hydrogen-bond donors (Lipinski definition) is 3. The van der Waals surface area contributed by atoms with Gasteiger partial charge in [-0.1, -0.05) is 18.5 Å². The molecule has 0 bridgehead atoms. The highest BCUT2D eigenvalue weighted by Gasteiger charge is 2.29. The van der Waals surface area contributed by atoms with E-state index in [0.29, 0.717) is 5.69 Å². The second-order valence-electron chi connectivity index (χ2n) is 4.69. The number of carbonyl (C=O) groups excluding carboxylic acids is 1. The number of amides is 1. The SMILES string of the molecule is CC1CCNC1C(=O)Nc1ccc(C(=O)O)cc1Cl. The molecule has 3 N–H and O–H groups in total. The molecule has 2 atom stereocenters. The Labute approximate surface area is 116 Å². The van der Waals surface area contributed by atoms with Gasteiger partial charge in [0, 0.05) is 0 Å². The topological polar surface area (TPSA) is 78.4 Å². The van der Waals surface area contributed by atoms with Crippen molar-refractivity contribution in [2.75, 3.05) is 11.9 Å². The zero-order valence-corrected chi connectivity index (χ0v) is 11.2. The predicted molar refractivity (Wildman–Crippen MR) is 72.6 cm³/mol. The molecule has 0 saturated carbocycles. The molecule has 1 amide bonds. The summed E-state index contributed by atoms with van der Waals surface area (Å²) in [6.07, 6.45) is 0.962. The molecule has 102 valence electrons. The molecule has 1 aromatic carbocycles. The maximum atomic E-state index is 12.0. The van der Waals surface area contributed by atoms with Crippen LogP contribution in [0.2, 0.25) is 5.02 Å². The minimum atomic E-state index is -1.05. The van der Waals surface area contributed by atoms with Crippen molar-refractivity contribution >= 4 is 29.2 Å². The second-order valence-corrected chi connectivity index (χ2v) is 5.09. The Morgan fingerprint density at radius 2 is 2.21 bits per heavy atom. The minimum absolute atomic E-state index is 0.0929. The predicted octanol–water partition coefficient (Wildman–Crippen LogP) is 1.97. The van der Waals surface area contributed by atoms with Crippen LogP contribution in [0.1, 0.15) is 23.7 Å². The van der Waals surface area contributed by atoms with Gasteiger partial charge in [0.2, 0.25) is 5.91 Å². The van der Waals surface area contributed by atoms with E-state index in [2.05, 4.69) is 10.6 Å². The average Bonchev–Trinajstić information content (AvgIpc) is 2.77. The molecular weight excluding hydrogens is 268 g/mol. The van der Waals surface area contributed by atoms with Crippen molar-refractivity contribution in [3.05, 3.63) is 28.8 Å². The van der Waals surface area contributed by atoms with Crippen molar-refractivity contribution in [3.8, 4) is 0 Å². The van der Waals surface area contributed by atoms with Gasteiger partial charge < -0.3 is 15.7 Å². The van der Waals surface area contributed by atoms with Crippen molar-refractivity contribution in [2.24, 2.45) is 5.92 Å². The molecule has 6 heteroatoms. The molecule has 1 heterocycles. The Kier molecular flexibility index (Phi) is 4.07. The van der Waals surface area contributed by atoms with Crippen molar-refractivity contribution < 1.29 is 14.7 Å². The summed E-state index contributed by atoms with van der Waals surface area (Å²) >= 11 is 5.96. The van der Waals surface area contributed by atoms with Gasteiger partial charge in [0.05, 0.1) is 22.3 Å². The molecule has 2 unspecified atom stereocenters. The van der Waals surface area contributed by atoms with E-state index < -0.39 is 5.97 Å². The fourth-order valence-electron chi connectivity index (χ4n) is 2.15. The van der Waals surface area contributed by atoms with Gasteiger partial charge in [-0.05, 0) is 37.1 Å². The van der Waals surface area contributed by atoms with Gasteiger partial charge >= 0.3 is 5.97 Å². The van der Waals surface area contributed by atoms with Crippen LogP contribution in [0, 0.1) is 5.92 Å². The van der Waals surface area contributed by atoms with Gasteiger partial charge in [-0.15, -0.1) is 0 Å². The van der Waals surface area contributed by atoms with Crippen LogP contribution in [0.3, 0.4) is 0 Å². The first-order valence-electron chi connectivity index (χ1n) is 6.06. The Hall–Kier alpha value is -1.59. The van der Waals surface area contributed by atoms with Crippen LogP contribution in [0.5, 0.6) is 0 Å². The molecular formula is C13H15ClN2O3. The monoisotopic (exact) mass is 282 g/mol.